The first kappa shape index (κ1) is 14.7. The van der Waals surface area contributed by atoms with Crippen molar-refractivity contribution in [3.05, 3.63) is 53.4 Å². The van der Waals surface area contributed by atoms with Crippen molar-refractivity contribution in [3.63, 3.8) is 0 Å². The number of aryl methyl sites for hydroxylation is 2. The highest BCUT2D eigenvalue weighted by Crippen LogP contribution is 2.31. The lowest BCUT2D eigenvalue weighted by Gasteiger charge is -2.08. The molecule has 0 aliphatic heterocycles. The van der Waals surface area contributed by atoms with E-state index in [1.807, 2.05) is 44.6 Å². The summed E-state index contributed by atoms with van der Waals surface area (Å²) in [6, 6.07) is 7.99. The molecule has 0 atom stereocenters. The van der Waals surface area contributed by atoms with E-state index in [2.05, 4.69) is 31.4 Å². The van der Waals surface area contributed by atoms with Gasteiger partial charge in [0, 0.05) is 36.6 Å². The van der Waals surface area contributed by atoms with E-state index in [9.17, 15) is 0 Å². The summed E-state index contributed by atoms with van der Waals surface area (Å²) in [7, 11) is 1.82. The van der Waals surface area contributed by atoms with Gasteiger partial charge in [-0.15, -0.1) is 0 Å². The highest BCUT2D eigenvalue weighted by atomic mass is 35.5. The van der Waals surface area contributed by atoms with Gasteiger partial charge in [-0.05, 0) is 36.8 Å². The molecule has 0 aromatic carbocycles. The minimum atomic E-state index is 0.543. The van der Waals surface area contributed by atoms with Crippen LogP contribution >= 0.6 is 11.6 Å². The fraction of sp³-hybridized carbons (Fsp3) is 0.118. The molecule has 4 heterocycles. The van der Waals surface area contributed by atoms with E-state index in [0.717, 1.165) is 27.9 Å². The molecule has 0 unspecified atom stereocenters. The van der Waals surface area contributed by atoms with Crippen molar-refractivity contribution < 1.29 is 0 Å². The Hall–Kier alpha value is -2.86. The summed E-state index contributed by atoms with van der Waals surface area (Å²) in [6.45, 7) is 2.05. The summed E-state index contributed by atoms with van der Waals surface area (Å²) in [5.41, 5.74) is 3.84. The number of fused-ring (bicyclic) bond motifs is 1. The number of anilines is 2. The standard InChI is InChI=1S/C17H15ClN6/c1-10-3-5-19-14(7-10)12-8-15(21-16-11(12)4-6-20-16)22-17-13(18)9-24(2)23-17/h3-9H,1-2H3,(H2,20,21,22,23). The fourth-order valence-electron chi connectivity index (χ4n) is 2.66. The van der Waals surface area contributed by atoms with Crippen LogP contribution in [0.15, 0.2) is 42.9 Å². The van der Waals surface area contributed by atoms with Crippen LogP contribution in [0.25, 0.3) is 22.3 Å². The van der Waals surface area contributed by atoms with Crippen LogP contribution in [-0.2, 0) is 7.05 Å². The summed E-state index contributed by atoms with van der Waals surface area (Å²) >= 11 is 6.18. The molecule has 120 valence electrons. The lowest BCUT2D eigenvalue weighted by atomic mass is 10.1. The maximum atomic E-state index is 6.18. The normalized spacial score (nSPS) is 11.1. The number of nitrogens with zero attached hydrogens (tertiary/aromatic N) is 4. The Bertz CT molecular complexity index is 1030. The first-order valence-electron chi connectivity index (χ1n) is 7.47. The van der Waals surface area contributed by atoms with Crippen molar-refractivity contribution in [2.45, 2.75) is 6.92 Å². The van der Waals surface area contributed by atoms with Crippen LogP contribution in [0, 0.1) is 6.92 Å². The van der Waals surface area contributed by atoms with E-state index in [4.69, 9.17) is 11.6 Å². The molecule has 4 aromatic rings. The van der Waals surface area contributed by atoms with E-state index in [1.54, 1.807) is 10.9 Å². The highest BCUT2D eigenvalue weighted by Gasteiger charge is 2.12. The Morgan fingerprint density at radius 2 is 2.12 bits per heavy atom. The smallest absolute Gasteiger partial charge is 0.172 e. The van der Waals surface area contributed by atoms with Crippen LogP contribution in [-0.4, -0.2) is 24.7 Å². The molecule has 0 fully saturated rings. The predicted molar refractivity (Wildman–Crippen MR) is 95.6 cm³/mol. The largest absolute Gasteiger partial charge is 0.346 e. The number of nitrogens with one attached hydrogen (secondary N) is 2. The molecule has 0 radical (unpaired) electrons. The van der Waals surface area contributed by atoms with Crippen LogP contribution < -0.4 is 5.32 Å². The number of hydrogen-bond donors (Lipinski definition) is 2. The molecule has 0 spiro atoms. The van der Waals surface area contributed by atoms with Crippen molar-refractivity contribution in [2.24, 2.45) is 7.05 Å². The summed E-state index contributed by atoms with van der Waals surface area (Å²) in [5.74, 6) is 1.23. The van der Waals surface area contributed by atoms with Gasteiger partial charge in [0.25, 0.3) is 0 Å². The van der Waals surface area contributed by atoms with Gasteiger partial charge in [-0.25, -0.2) is 4.98 Å². The third kappa shape index (κ3) is 2.61. The maximum absolute atomic E-state index is 6.18. The summed E-state index contributed by atoms with van der Waals surface area (Å²) < 4.78 is 1.65. The third-order valence-electron chi connectivity index (χ3n) is 3.75. The molecule has 4 aromatic heterocycles. The number of aromatic amines is 1. The number of hydrogen-bond acceptors (Lipinski definition) is 4. The Morgan fingerprint density at radius 3 is 2.88 bits per heavy atom. The third-order valence-corrected chi connectivity index (χ3v) is 4.03. The number of rotatable bonds is 3. The fourth-order valence-corrected chi connectivity index (χ4v) is 2.89. The Kier molecular flexibility index (Phi) is 3.46. The van der Waals surface area contributed by atoms with E-state index in [-0.39, 0.29) is 0 Å². The van der Waals surface area contributed by atoms with Gasteiger partial charge in [-0.1, -0.05) is 11.6 Å². The Morgan fingerprint density at radius 1 is 1.25 bits per heavy atom. The van der Waals surface area contributed by atoms with Gasteiger partial charge in [0.05, 0.1) is 5.69 Å². The molecule has 0 saturated heterocycles. The van der Waals surface area contributed by atoms with Gasteiger partial charge in [-0.2, -0.15) is 5.10 Å². The summed E-state index contributed by atoms with van der Waals surface area (Å²) in [4.78, 5) is 12.2. The molecule has 0 aliphatic rings. The van der Waals surface area contributed by atoms with Crippen molar-refractivity contribution in [2.75, 3.05) is 5.32 Å². The molecule has 0 amide bonds. The van der Waals surface area contributed by atoms with Crippen molar-refractivity contribution in [1.82, 2.24) is 24.7 Å². The second kappa shape index (κ2) is 5.65. The van der Waals surface area contributed by atoms with Crippen LogP contribution in [0.4, 0.5) is 11.6 Å². The van der Waals surface area contributed by atoms with Gasteiger partial charge in [-0.3, -0.25) is 9.67 Å². The predicted octanol–water partition coefficient (Wildman–Crippen LogP) is 4.06. The number of H-pyrrole nitrogens is 1. The minimum absolute atomic E-state index is 0.543. The van der Waals surface area contributed by atoms with Crippen LogP contribution in [0.2, 0.25) is 5.02 Å². The van der Waals surface area contributed by atoms with E-state index >= 15 is 0 Å². The Labute approximate surface area is 143 Å². The zero-order valence-corrected chi connectivity index (χ0v) is 14.0. The van der Waals surface area contributed by atoms with Crippen molar-refractivity contribution in [1.29, 1.82) is 0 Å². The van der Waals surface area contributed by atoms with Gasteiger partial charge in [0.2, 0.25) is 0 Å². The Balaban J connectivity index is 1.84. The molecular formula is C17H15ClN6. The van der Waals surface area contributed by atoms with Crippen molar-refractivity contribution in [3.8, 4) is 11.3 Å². The minimum Gasteiger partial charge on any atom is -0.346 e. The van der Waals surface area contributed by atoms with Crippen LogP contribution in [0.1, 0.15) is 5.56 Å². The summed E-state index contributed by atoms with van der Waals surface area (Å²) in [5, 5.41) is 9.04. The van der Waals surface area contributed by atoms with E-state index < -0.39 is 0 Å². The number of pyridine rings is 2. The molecule has 7 heteroatoms. The first-order chi connectivity index (χ1) is 11.6. The second-order valence-corrected chi connectivity index (χ2v) is 6.04. The quantitative estimate of drug-likeness (QED) is 0.591. The first-order valence-corrected chi connectivity index (χ1v) is 7.85. The van der Waals surface area contributed by atoms with Crippen LogP contribution in [0.5, 0.6) is 0 Å². The lowest BCUT2D eigenvalue weighted by molar-refractivity contribution is 0.771. The molecule has 4 rings (SSSR count). The average Bonchev–Trinajstić information content (AvgIpc) is 3.13. The summed E-state index contributed by atoms with van der Waals surface area (Å²) in [6.07, 6.45) is 5.42. The van der Waals surface area contributed by atoms with Gasteiger partial charge < -0.3 is 10.3 Å². The molecule has 0 bridgehead atoms. The molecule has 6 nitrogen and oxygen atoms in total. The lowest BCUT2D eigenvalue weighted by Crippen LogP contribution is -1.98. The highest BCUT2D eigenvalue weighted by molar-refractivity contribution is 6.33. The molecule has 0 saturated carbocycles. The average molecular weight is 339 g/mol. The van der Waals surface area contributed by atoms with E-state index in [0.29, 0.717) is 16.7 Å². The van der Waals surface area contributed by atoms with E-state index in [1.165, 1.54) is 0 Å². The maximum Gasteiger partial charge on any atom is 0.172 e. The zero-order valence-electron chi connectivity index (χ0n) is 13.2. The zero-order chi connectivity index (χ0) is 16.7. The molecule has 2 N–H and O–H groups in total. The van der Waals surface area contributed by atoms with Crippen molar-refractivity contribution >= 4 is 34.3 Å². The number of halogens is 1. The second-order valence-electron chi connectivity index (χ2n) is 5.64. The topological polar surface area (TPSA) is 71.4 Å². The number of aromatic nitrogens is 5. The molecule has 0 aliphatic carbocycles. The van der Waals surface area contributed by atoms with Gasteiger partial charge in [0.15, 0.2) is 5.82 Å². The molecule has 24 heavy (non-hydrogen) atoms. The van der Waals surface area contributed by atoms with Gasteiger partial charge >= 0.3 is 0 Å². The SMILES string of the molecule is Cc1ccnc(-c2cc(Nc3nn(C)cc3Cl)nc3[nH]ccc23)c1. The van der Waals surface area contributed by atoms with Crippen LogP contribution in [0.3, 0.4) is 0 Å². The molecular weight excluding hydrogens is 324 g/mol. The monoisotopic (exact) mass is 338 g/mol. The van der Waals surface area contributed by atoms with Gasteiger partial charge in [0.1, 0.15) is 16.5 Å².